The topological polar surface area (TPSA) is 106 Å². The number of H-pyrrole nitrogens is 1. The van der Waals surface area contributed by atoms with Gasteiger partial charge in [0.1, 0.15) is 5.69 Å². The van der Waals surface area contributed by atoms with Gasteiger partial charge in [-0.05, 0) is 20.3 Å². The number of nitrogens with zero attached hydrogens (tertiary/aromatic N) is 3. The molecule has 1 amide bonds. The predicted molar refractivity (Wildman–Crippen MR) is 77.4 cm³/mol. The van der Waals surface area contributed by atoms with Gasteiger partial charge in [-0.25, -0.2) is 0 Å². The fourth-order valence-electron chi connectivity index (χ4n) is 1.96. The highest BCUT2D eigenvalue weighted by Gasteiger charge is 2.21. The number of nitrogens with one attached hydrogen (secondary N) is 2. The smallest absolute Gasteiger partial charge is 0.287 e. The molecule has 0 aliphatic rings. The lowest BCUT2D eigenvalue weighted by molar-refractivity contribution is -0.384. The van der Waals surface area contributed by atoms with E-state index in [9.17, 15) is 14.9 Å². The average Bonchev–Trinajstić information content (AvgIpc) is 3.04. The Labute approximate surface area is 121 Å². The molecule has 0 unspecified atom stereocenters. The van der Waals surface area contributed by atoms with Crippen LogP contribution in [0.15, 0.2) is 18.3 Å². The molecule has 112 valence electrons. The summed E-state index contributed by atoms with van der Waals surface area (Å²) >= 11 is 0. The van der Waals surface area contributed by atoms with Crippen molar-refractivity contribution >= 4 is 17.4 Å². The number of carbonyl (C=O) groups is 1. The van der Waals surface area contributed by atoms with E-state index in [1.807, 2.05) is 20.8 Å². The first-order valence-electron chi connectivity index (χ1n) is 6.64. The fraction of sp³-hybridized carbons (Fsp3) is 0.385. The van der Waals surface area contributed by atoms with Crippen LogP contribution in [0.1, 0.15) is 43.0 Å². The van der Waals surface area contributed by atoms with Crippen molar-refractivity contribution in [1.82, 2.24) is 14.8 Å². The molecular weight excluding hydrogens is 274 g/mol. The van der Waals surface area contributed by atoms with Crippen LogP contribution in [0.5, 0.6) is 0 Å². The Bertz CT molecular complexity index is 671. The second kappa shape index (κ2) is 5.78. The van der Waals surface area contributed by atoms with Gasteiger partial charge in [0, 0.05) is 23.9 Å². The van der Waals surface area contributed by atoms with Gasteiger partial charge in [-0.2, -0.15) is 5.10 Å². The van der Waals surface area contributed by atoms with Crippen molar-refractivity contribution in [3.8, 4) is 0 Å². The van der Waals surface area contributed by atoms with Crippen molar-refractivity contribution in [2.24, 2.45) is 0 Å². The number of anilines is 1. The monoisotopic (exact) mass is 291 g/mol. The first kappa shape index (κ1) is 14.8. The molecule has 21 heavy (non-hydrogen) atoms. The van der Waals surface area contributed by atoms with Gasteiger partial charge < -0.3 is 9.88 Å². The van der Waals surface area contributed by atoms with Crippen molar-refractivity contribution < 1.29 is 9.72 Å². The number of aromatic nitrogens is 3. The molecule has 0 spiro atoms. The predicted octanol–water partition coefficient (Wildman–Crippen LogP) is 2.51. The molecule has 0 fully saturated rings. The molecule has 0 bridgehead atoms. The minimum Gasteiger partial charge on any atom is -0.335 e. The Kier molecular flexibility index (Phi) is 4.06. The van der Waals surface area contributed by atoms with Crippen LogP contribution in [0.25, 0.3) is 0 Å². The van der Waals surface area contributed by atoms with Gasteiger partial charge in [-0.3, -0.25) is 20.0 Å². The third-order valence-electron chi connectivity index (χ3n) is 3.09. The van der Waals surface area contributed by atoms with Crippen molar-refractivity contribution in [2.45, 2.75) is 33.2 Å². The van der Waals surface area contributed by atoms with Crippen molar-refractivity contribution in [2.75, 3.05) is 5.32 Å². The molecule has 2 aromatic rings. The number of carbonyl (C=O) groups excluding carboxylic acids is 1. The molecule has 2 rings (SSSR count). The molecule has 0 atom stereocenters. The van der Waals surface area contributed by atoms with E-state index < -0.39 is 10.8 Å². The first-order valence-corrected chi connectivity index (χ1v) is 6.64. The van der Waals surface area contributed by atoms with Crippen LogP contribution in [-0.4, -0.2) is 25.6 Å². The maximum absolute atomic E-state index is 12.3. The summed E-state index contributed by atoms with van der Waals surface area (Å²) < 4.78 is 1.57. The van der Waals surface area contributed by atoms with Crippen molar-refractivity contribution in [3.63, 3.8) is 0 Å². The van der Waals surface area contributed by atoms with Crippen LogP contribution >= 0.6 is 0 Å². The Hall–Kier alpha value is -2.64. The fourth-order valence-corrected chi connectivity index (χ4v) is 1.96. The van der Waals surface area contributed by atoms with E-state index in [2.05, 4.69) is 15.5 Å². The third-order valence-corrected chi connectivity index (χ3v) is 3.09. The van der Waals surface area contributed by atoms with E-state index >= 15 is 0 Å². The van der Waals surface area contributed by atoms with E-state index in [1.54, 1.807) is 10.6 Å². The molecule has 8 heteroatoms. The lowest BCUT2D eigenvalue weighted by Gasteiger charge is -2.11. The van der Waals surface area contributed by atoms with E-state index in [0.717, 1.165) is 12.1 Å². The van der Waals surface area contributed by atoms with Gasteiger partial charge >= 0.3 is 0 Å². The second-order valence-corrected chi connectivity index (χ2v) is 4.93. The summed E-state index contributed by atoms with van der Waals surface area (Å²) in [5.74, 6) is -0.0260. The molecule has 0 aromatic carbocycles. The normalized spacial score (nSPS) is 10.9. The Balaban J connectivity index is 2.27. The maximum Gasteiger partial charge on any atom is 0.287 e. The van der Waals surface area contributed by atoms with E-state index in [0.29, 0.717) is 5.82 Å². The Morgan fingerprint density at radius 3 is 2.76 bits per heavy atom. The highest BCUT2D eigenvalue weighted by molar-refractivity contribution is 6.03. The summed E-state index contributed by atoms with van der Waals surface area (Å²) in [6.07, 6.45) is 2.14. The summed E-state index contributed by atoms with van der Waals surface area (Å²) in [6.45, 7) is 5.67. The number of hydrogen-bond acceptors (Lipinski definition) is 4. The number of hydrogen-bond donors (Lipinski definition) is 2. The summed E-state index contributed by atoms with van der Waals surface area (Å²) in [5.41, 5.74) is 1.03. The zero-order chi connectivity index (χ0) is 15.6. The van der Waals surface area contributed by atoms with Gasteiger partial charge in [-0.1, -0.05) is 6.92 Å². The van der Waals surface area contributed by atoms with Gasteiger partial charge in [0.05, 0.1) is 11.1 Å². The van der Waals surface area contributed by atoms with E-state index in [4.69, 9.17) is 0 Å². The van der Waals surface area contributed by atoms with Crippen LogP contribution in [0, 0.1) is 10.1 Å². The van der Waals surface area contributed by atoms with Gasteiger partial charge in [0.15, 0.2) is 5.82 Å². The van der Waals surface area contributed by atoms with Crippen LogP contribution in [0.2, 0.25) is 0 Å². The number of nitro groups is 1. The quantitative estimate of drug-likeness (QED) is 0.652. The minimum atomic E-state index is -0.514. The number of rotatable bonds is 5. The van der Waals surface area contributed by atoms with E-state index in [-0.39, 0.29) is 17.4 Å². The first-order chi connectivity index (χ1) is 9.92. The largest absolute Gasteiger partial charge is 0.335 e. The number of amides is 1. The van der Waals surface area contributed by atoms with Crippen LogP contribution < -0.4 is 5.32 Å². The average molecular weight is 291 g/mol. The third kappa shape index (κ3) is 3.10. The molecule has 2 N–H and O–H groups in total. The van der Waals surface area contributed by atoms with Crippen molar-refractivity contribution in [1.29, 1.82) is 0 Å². The van der Waals surface area contributed by atoms with Crippen LogP contribution in [0.3, 0.4) is 0 Å². The molecule has 0 aliphatic heterocycles. The number of aromatic amines is 1. The van der Waals surface area contributed by atoms with Gasteiger partial charge in [0.25, 0.3) is 11.6 Å². The lowest BCUT2D eigenvalue weighted by Crippen LogP contribution is -2.17. The second-order valence-electron chi connectivity index (χ2n) is 4.93. The zero-order valence-electron chi connectivity index (χ0n) is 12.1. The molecule has 0 aliphatic carbocycles. The summed E-state index contributed by atoms with van der Waals surface area (Å²) in [4.78, 5) is 22.6. The minimum absolute atomic E-state index is 0.0650. The molecule has 8 nitrogen and oxygen atoms in total. The van der Waals surface area contributed by atoms with Gasteiger partial charge in [-0.15, -0.1) is 0 Å². The number of aryl methyl sites for hydroxylation is 1. The lowest BCUT2D eigenvalue weighted by atomic mass is 10.3. The maximum atomic E-state index is 12.3. The van der Waals surface area contributed by atoms with Crippen molar-refractivity contribution in [3.05, 3.63) is 39.8 Å². The highest BCUT2D eigenvalue weighted by Crippen LogP contribution is 2.21. The highest BCUT2D eigenvalue weighted by atomic mass is 16.6. The molecule has 2 heterocycles. The summed E-state index contributed by atoms with van der Waals surface area (Å²) in [5, 5.41) is 20.3. The molecule has 2 aromatic heterocycles. The Morgan fingerprint density at radius 1 is 1.52 bits per heavy atom. The molecule has 0 radical (unpaired) electrons. The van der Waals surface area contributed by atoms with Crippen LogP contribution in [-0.2, 0) is 6.42 Å². The van der Waals surface area contributed by atoms with Crippen LogP contribution in [0.4, 0.5) is 11.5 Å². The summed E-state index contributed by atoms with van der Waals surface area (Å²) in [6, 6.07) is 2.93. The Morgan fingerprint density at radius 2 is 2.24 bits per heavy atom. The molecular formula is C13H17N5O3. The summed E-state index contributed by atoms with van der Waals surface area (Å²) in [7, 11) is 0. The zero-order valence-corrected chi connectivity index (χ0v) is 12.1. The SMILES string of the molecule is CCc1cc(NC(=O)c2cc([N+](=O)[O-])cn2C(C)C)n[nH]1. The molecule has 0 saturated carbocycles. The standard InChI is InChI=1S/C13H17N5O3/c1-4-9-5-12(16-15-9)14-13(19)11-6-10(18(20)21)7-17(11)8(2)3/h5-8H,4H2,1-3H3,(H2,14,15,16,19). The van der Waals surface area contributed by atoms with Gasteiger partial charge in [0.2, 0.25) is 0 Å². The van der Waals surface area contributed by atoms with E-state index in [1.165, 1.54) is 12.3 Å². The molecule has 0 saturated heterocycles.